The summed E-state index contributed by atoms with van der Waals surface area (Å²) in [6.45, 7) is 5.18. The maximum atomic E-state index is 15.2. The Bertz CT molecular complexity index is 977. The summed E-state index contributed by atoms with van der Waals surface area (Å²) in [6, 6.07) is 14.1. The van der Waals surface area contributed by atoms with Crippen molar-refractivity contribution in [2.24, 2.45) is 0 Å². The van der Waals surface area contributed by atoms with Crippen LogP contribution < -0.4 is 10.2 Å². The lowest BCUT2D eigenvalue weighted by Gasteiger charge is -2.31. The first-order valence-electron chi connectivity index (χ1n) is 9.68. The number of nitrogens with one attached hydrogen (secondary N) is 2. The lowest BCUT2D eigenvalue weighted by Crippen LogP contribution is -2.38. The van der Waals surface area contributed by atoms with Crippen LogP contribution >= 0.6 is 0 Å². The molecule has 5 heteroatoms. The molecule has 0 radical (unpaired) electrons. The lowest BCUT2D eigenvalue weighted by molar-refractivity contribution is 0.122. The van der Waals surface area contributed by atoms with Crippen LogP contribution in [-0.2, 0) is 11.2 Å². The van der Waals surface area contributed by atoms with Crippen molar-refractivity contribution in [1.82, 2.24) is 10.3 Å². The summed E-state index contributed by atoms with van der Waals surface area (Å²) < 4.78 is 20.6. The van der Waals surface area contributed by atoms with Gasteiger partial charge in [0.1, 0.15) is 5.82 Å². The average Bonchev–Trinajstić information content (AvgIpc) is 3.07. The van der Waals surface area contributed by atoms with E-state index < -0.39 is 0 Å². The summed E-state index contributed by atoms with van der Waals surface area (Å²) in [7, 11) is 0. The van der Waals surface area contributed by atoms with Crippen molar-refractivity contribution in [3.63, 3.8) is 0 Å². The molecule has 0 aliphatic carbocycles. The minimum absolute atomic E-state index is 0.157. The van der Waals surface area contributed by atoms with Crippen LogP contribution in [0, 0.1) is 5.82 Å². The topological polar surface area (TPSA) is 40.3 Å². The number of hydrogen-bond donors (Lipinski definition) is 2. The fraction of sp³-hybridized carbons (Fsp3) is 0.364. The monoisotopic (exact) mass is 365 g/mol. The van der Waals surface area contributed by atoms with Crippen molar-refractivity contribution in [3.8, 4) is 0 Å². The molecule has 1 saturated heterocycles. The molecule has 3 heterocycles. The number of halogens is 1. The Labute approximate surface area is 158 Å². The van der Waals surface area contributed by atoms with Gasteiger partial charge < -0.3 is 19.9 Å². The standard InChI is InChI=1S/C22H24FN3O/c1-14-12-18-16-4-2-3-5-20(16)25-22(18)21(24-14)17-7-6-15(13-19(17)23)26-8-10-27-11-9-26/h2-7,13-14,21,24-25H,8-12H2,1H3/t14-,21-/m0/s1. The second kappa shape index (κ2) is 6.66. The predicted molar refractivity (Wildman–Crippen MR) is 106 cm³/mol. The number of para-hydroxylation sites is 1. The van der Waals surface area contributed by atoms with Crippen LogP contribution in [0.25, 0.3) is 10.9 Å². The maximum absolute atomic E-state index is 15.2. The quantitative estimate of drug-likeness (QED) is 0.726. The third-order valence-corrected chi connectivity index (χ3v) is 5.77. The van der Waals surface area contributed by atoms with Crippen LogP contribution in [0.1, 0.15) is 29.8 Å². The van der Waals surface area contributed by atoms with Crippen molar-refractivity contribution >= 4 is 16.6 Å². The van der Waals surface area contributed by atoms with E-state index in [4.69, 9.17) is 4.74 Å². The summed E-state index contributed by atoms with van der Waals surface area (Å²) in [6.07, 6.45) is 0.948. The molecule has 0 saturated carbocycles. The highest BCUT2D eigenvalue weighted by Gasteiger charge is 2.30. The normalized spacial score (nSPS) is 22.8. The zero-order valence-corrected chi connectivity index (χ0v) is 15.5. The van der Waals surface area contributed by atoms with Gasteiger partial charge in [0.2, 0.25) is 0 Å². The zero-order valence-electron chi connectivity index (χ0n) is 15.5. The Kier molecular flexibility index (Phi) is 4.14. The number of aromatic nitrogens is 1. The number of nitrogens with zero attached hydrogens (tertiary/aromatic N) is 1. The number of anilines is 1. The summed E-state index contributed by atoms with van der Waals surface area (Å²) in [5.74, 6) is -0.157. The van der Waals surface area contributed by atoms with Crippen LogP contribution in [-0.4, -0.2) is 37.3 Å². The molecule has 1 fully saturated rings. The predicted octanol–water partition coefficient (Wildman–Crippen LogP) is 3.77. The third kappa shape index (κ3) is 2.91. The van der Waals surface area contributed by atoms with Gasteiger partial charge in [-0.15, -0.1) is 0 Å². The van der Waals surface area contributed by atoms with E-state index in [-0.39, 0.29) is 11.9 Å². The van der Waals surface area contributed by atoms with Crippen molar-refractivity contribution in [1.29, 1.82) is 0 Å². The maximum Gasteiger partial charge on any atom is 0.130 e. The lowest BCUT2D eigenvalue weighted by atomic mass is 9.90. The molecule has 2 N–H and O–H groups in total. The number of morpholine rings is 1. The number of rotatable bonds is 2. The van der Waals surface area contributed by atoms with Crippen molar-refractivity contribution in [3.05, 3.63) is 65.1 Å². The summed E-state index contributed by atoms with van der Waals surface area (Å²) >= 11 is 0. The summed E-state index contributed by atoms with van der Waals surface area (Å²) in [5, 5.41) is 4.83. The van der Waals surface area contributed by atoms with Crippen molar-refractivity contribution in [2.75, 3.05) is 31.2 Å². The summed E-state index contributed by atoms with van der Waals surface area (Å²) in [5.41, 5.74) is 5.14. The second-order valence-corrected chi connectivity index (χ2v) is 7.57. The van der Waals surface area contributed by atoms with Gasteiger partial charge in [-0.25, -0.2) is 4.39 Å². The van der Waals surface area contributed by atoms with Gasteiger partial charge in [-0.05, 0) is 37.1 Å². The van der Waals surface area contributed by atoms with E-state index in [9.17, 15) is 0 Å². The molecule has 0 unspecified atom stereocenters. The van der Waals surface area contributed by atoms with Crippen LogP contribution in [0.2, 0.25) is 0 Å². The molecule has 2 aliphatic heterocycles. The Balaban J connectivity index is 1.55. The van der Waals surface area contributed by atoms with Crippen LogP contribution in [0.3, 0.4) is 0 Å². The van der Waals surface area contributed by atoms with Crippen LogP contribution in [0.5, 0.6) is 0 Å². The minimum atomic E-state index is -0.158. The van der Waals surface area contributed by atoms with E-state index in [1.54, 1.807) is 6.07 Å². The highest BCUT2D eigenvalue weighted by Crippen LogP contribution is 2.36. The van der Waals surface area contributed by atoms with Crippen molar-refractivity contribution in [2.45, 2.75) is 25.4 Å². The van der Waals surface area contributed by atoms with Gasteiger partial charge in [-0.3, -0.25) is 0 Å². The molecule has 0 amide bonds. The largest absolute Gasteiger partial charge is 0.378 e. The van der Waals surface area contributed by atoms with Gasteiger partial charge in [0.15, 0.2) is 0 Å². The Hall–Kier alpha value is -2.37. The molecule has 0 bridgehead atoms. The minimum Gasteiger partial charge on any atom is -0.378 e. The van der Waals surface area contributed by atoms with Crippen LogP contribution in [0.15, 0.2) is 42.5 Å². The first-order chi connectivity index (χ1) is 13.2. The molecular formula is C22H24FN3O. The smallest absolute Gasteiger partial charge is 0.130 e. The molecule has 2 aromatic carbocycles. The molecule has 140 valence electrons. The Morgan fingerprint density at radius 1 is 1.11 bits per heavy atom. The molecule has 0 spiro atoms. The summed E-state index contributed by atoms with van der Waals surface area (Å²) in [4.78, 5) is 5.72. The van der Waals surface area contributed by atoms with E-state index >= 15 is 4.39 Å². The van der Waals surface area contributed by atoms with E-state index in [0.29, 0.717) is 24.8 Å². The molecular weight excluding hydrogens is 341 g/mol. The van der Waals surface area contributed by atoms with Gasteiger partial charge in [0.25, 0.3) is 0 Å². The van der Waals surface area contributed by atoms with E-state index in [1.165, 1.54) is 10.9 Å². The number of hydrogen-bond acceptors (Lipinski definition) is 3. The molecule has 4 nitrogen and oxygen atoms in total. The SMILES string of the molecule is C[C@H]1Cc2c([nH]c3ccccc23)[C@H](c2ccc(N3CCOCC3)cc2F)N1. The molecule has 3 aromatic rings. The Morgan fingerprint density at radius 2 is 1.93 bits per heavy atom. The van der Waals surface area contributed by atoms with E-state index in [1.807, 2.05) is 18.2 Å². The second-order valence-electron chi connectivity index (χ2n) is 7.57. The average molecular weight is 365 g/mol. The van der Waals surface area contributed by atoms with E-state index in [2.05, 4.69) is 40.3 Å². The highest BCUT2D eigenvalue weighted by atomic mass is 19.1. The highest BCUT2D eigenvalue weighted by molar-refractivity contribution is 5.85. The van der Waals surface area contributed by atoms with Gasteiger partial charge >= 0.3 is 0 Å². The first-order valence-corrected chi connectivity index (χ1v) is 9.68. The molecule has 5 rings (SSSR count). The molecule has 1 aromatic heterocycles. The molecule has 2 aliphatic rings. The van der Waals surface area contributed by atoms with Gasteiger partial charge in [-0.1, -0.05) is 24.3 Å². The first kappa shape index (κ1) is 16.8. The number of fused-ring (bicyclic) bond motifs is 3. The van der Waals surface area contributed by atoms with Gasteiger partial charge in [0, 0.05) is 47.0 Å². The fourth-order valence-corrected chi connectivity index (χ4v) is 4.43. The fourth-order valence-electron chi connectivity index (χ4n) is 4.43. The van der Waals surface area contributed by atoms with Gasteiger partial charge in [0.05, 0.1) is 19.3 Å². The third-order valence-electron chi connectivity index (χ3n) is 5.77. The van der Waals surface area contributed by atoms with Gasteiger partial charge in [-0.2, -0.15) is 0 Å². The zero-order chi connectivity index (χ0) is 18.4. The number of benzene rings is 2. The number of ether oxygens (including phenoxy) is 1. The molecule has 27 heavy (non-hydrogen) atoms. The number of H-pyrrole nitrogens is 1. The number of aromatic amines is 1. The van der Waals surface area contributed by atoms with E-state index in [0.717, 1.165) is 36.4 Å². The van der Waals surface area contributed by atoms with Crippen molar-refractivity contribution < 1.29 is 9.13 Å². The Morgan fingerprint density at radius 3 is 2.74 bits per heavy atom. The molecule has 2 atom stereocenters. The van der Waals surface area contributed by atoms with Crippen LogP contribution in [0.4, 0.5) is 10.1 Å².